The van der Waals surface area contributed by atoms with Gasteiger partial charge in [0.15, 0.2) is 5.11 Å². The van der Waals surface area contributed by atoms with Crippen LogP contribution in [0.4, 0.5) is 5.69 Å². The van der Waals surface area contributed by atoms with E-state index in [4.69, 9.17) is 56.5 Å². The number of carbonyl (C=O) groups excluding carboxylic acids is 1. The maximum absolute atomic E-state index is 12.7. The molecule has 3 N–H and O–H groups in total. The average molecular weight is 553 g/mol. The predicted molar refractivity (Wildman–Crippen MR) is 147 cm³/mol. The molecule has 0 radical (unpaired) electrons. The summed E-state index contributed by atoms with van der Waals surface area (Å²) in [5.74, 6) is 0.784. The third-order valence-electron chi connectivity index (χ3n) is 4.99. The highest BCUT2D eigenvalue weighted by Gasteiger charge is 2.34. The fourth-order valence-electron chi connectivity index (χ4n) is 3.24. The van der Waals surface area contributed by atoms with E-state index in [1.807, 2.05) is 54.6 Å². The van der Waals surface area contributed by atoms with Crippen molar-refractivity contribution >= 4 is 63.7 Å². The number of carbonyl (C=O) groups is 1. The third kappa shape index (κ3) is 7.90. The van der Waals surface area contributed by atoms with Gasteiger partial charge in [-0.25, -0.2) is 0 Å². The normalized spacial score (nSPS) is 11.8. The summed E-state index contributed by atoms with van der Waals surface area (Å²) in [6, 6.07) is 22.8. The van der Waals surface area contributed by atoms with Crippen LogP contribution in [0.25, 0.3) is 11.1 Å². The number of halogens is 3. The maximum atomic E-state index is 12.7. The molecule has 0 aliphatic carbocycles. The Morgan fingerprint density at radius 1 is 0.914 bits per heavy atom. The summed E-state index contributed by atoms with van der Waals surface area (Å²) >= 11 is 23.7. The van der Waals surface area contributed by atoms with Crippen LogP contribution < -0.4 is 25.4 Å². The first-order valence-corrected chi connectivity index (χ1v) is 12.0. The van der Waals surface area contributed by atoms with Crippen LogP contribution in [-0.2, 0) is 11.2 Å². The van der Waals surface area contributed by atoms with Crippen LogP contribution in [0.5, 0.6) is 11.5 Å². The number of nitrogens with one attached hydrogen (secondary N) is 3. The van der Waals surface area contributed by atoms with E-state index in [2.05, 4.69) is 16.0 Å². The van der Waals surface area contributed by atoms with Crippen molar-refractivity contribution in [3.8, 4) is 22.6 Å². The van der Waals surface area contributed by atoms with Gasteiger partial charge >= 0.3 is 0 Å². The molecular formula is C25H24Cl3N3O3S. The van der Waals surface area contributed by atoms with Crippen molar-refractivity contribution in [2.75, 3.05) is 19.5 Å². The summed E-state index contributed by atoms with van der Waals surface area (Å²) in [4.78, 5) is 12.7. The Balaban J connectivity index is 1.64. The first kappa shape index (κ1) is 26.9. The fourth-order valence-corrected chi connectivity index (χ4v) is 3.80. The molecule has 0 aliphatic heterocycles. The minimum atomic E-state index is -1.88. The molecule has 0 fully saturated rings. The molecule has 0 bridgehead atoms. The van der Waals surface area contributed by atoms with E-state index in [9.17, 15) is 4.79 Å². The van der Waals surface area contributed by atoms with Crippen LogP contribution in [0.15, 0.2) is 72.8 Å². The molecule has 3 aromatic carbocycles. The Morgan fingerprint density at radius 3 is 2.17 bits per heavy atom. The van der Waals surface area contributed by atoms with Gasteiger partial charge in [-0.3, -0.25) is 4.79 Å². The standard InChI is InChI=1S/C25H24Cl3N3O3S/c1-33-19-12-13-21(34-2)20(15-19)29-24(35)31-23(25(26,27)28)30-22(32)14-16-8-10-18(11-9-16)17-6-4-3-5-7-17/h3-13,15,23H,14H2,1-2H3,(H,30,32)(H2,29,31,35). The minimum Gasteiger partial charge on any atom is -0.497 e. The second-order valence-electron chi connectivity index (χ2n) is 7.45. The Morgan fingerprint density at radius 2 is 1.57 bits per heavy atom. The Bertz CT molecular complexity index is 1160. The molecule has 0 aliphatic rings. The Labute approximate surface area is 224 Å². The molecule has 1 atom stereocenters. The summed E-state index contributed by atoms with van der Waals surface area (Å²) < 4.78 is 8.69. The van der Waals surface area contributed by atoms with Crippen molar-refractivity contribution in [1.82, 2.24) is 10.6 Å². The van der Waals surface area contributed by atoms with E-state index in [-0.39, 0.29) is 17.4 Å². The van der Waals surface area contributed by atoms with Crippen molar-refractivity contribution < 1.29 is 14.3 Å². The van der Waals surface area contributed by atoms with Crippen molar-refractivity contribution in [2.45, 2.75) is 16.4 Å². The fraction of sp³-hybridized carbons (Fsp3) is 0.200. The molecule has 0 heterocycles. The van der Waals surface area contributed by atoms with Gasteiger partial charge in [-0.05, 0) is 41.0 Å². The van der Waals surface area contributed by atoms with Gasteiger partial charge in [0.05, 0.1) is 26.3 Å². The van der Waals surface area contributed by atoms with Crippen LogP contribution in [0.2, 0.25) is 0 Å². The monoisotopic (exact) mass is 551 g/mol. The number of methoxy groups -OCH3 is 2. The first-order valence-electron chi connectivity index (χ1n) is 10.5. The lowest BCUT2D eigenvalue weighted by molar-refractivity contribution is -0.121. The second-order valence-corrected chi connectivity index (χ2v) is 10.2. The summed E-state index contributed by atoms with van der Waals surface area (Å²) in [6.45, 7) is 0. The van der Waals surface area contributed by atoms with Gasteiger partial charge in [-0.2, -0.15) is 0 Å². The lowest BCUT2D eigenvalue weighted by atomic mass is 10.0. The zero-order chi connectivity index (χ0) is 25.4. The van der Waals surface area contributed by atoms with Gasteiger partial charge in [0.1, 0.15) is 17.7 Å². The molecule has 1 unspecified atom stereocenters. The summed E-state index contributed by atoms with van der Waals surface area (Å²) in [5.41, 5.74) is 3.50. The minimum absolute atomic E-state index is 0.0951. The molecule has 10 heteroatoms. The maximum Gasteiger partial charge on any atom is 0.228 e. The number of hydrogen-bond donors (Lipinski definition) is 3. The zero-order valence-electron chi connectivity index (χ0n) is 19.0. The molecule has 0 aromatic heterocycles. The highest BCUT2D eigenvalue weighted by atomic mass is 35.6. The molecule has 3 aromatic rings. The van der Waals surface area contributed by atoms with Crippen molar-refractivity contribution in [2.24, 2.45) is 0 Å². The van der Waals surface area contributed by atoms with E-state index in [0.29, 0.717) is 17.2 Å². The summed E-state index contributed by atoms with van der Waals surface area (Å²) in [6.07, 6.45) is -1.00. The molecule has 184 valence electrons. The number of anilines is 1. The Hall–Kier alpha value is -2.71. The quantitative estimate of drug-likeness (QED) is 0.189. The van der Waals surface area contributed by atoms with Crippen LogP contribution in [0.3, 0.4) is 0 Å². The van der Waals surface area contributed by atoms with Gasteiger partial charge in [0.25, 0.3) is 0 Å². The topological polar surface area (TPSA) is 71.6 Å². The van der Waals surface area contributed by atoms with E-state index in [1.165, 1.54) is 7.11 Å². The zero-order valence-corrected chi connectivity index (χ0v) is 22.1. The molecule has 0 spiro atoms. The van der Waals surface area contributed by atoms with Gasteiger partial charge in [-0.15, -0.1) is 0 Å². The molecule has 35 heavy (non-hydrogen) atoms. The SMILES string of the molecule is COc1ccc(OC)c(NC(=S)NC(NC(=O)Cc2ccc(-c3ccccc3)cc2)C(Cl)(Cl)Cl)c1. The number of alkyl halides is 3. The van der Waals surface area contributed by atoms with Crippen molar-refractivity contribution in [1.29, 1.82) is 0 Å². The number of benzene rings is 3. The highest BCUT2D eigenvalue weighted by molar-refractivity contribution is 7.80. The van der Waals surface area contributed by atoms with Gasteiger partial charge in [0, 0.05) is 6.07 Å². The van der Waals surface area contributed by atoms with Gasteiger partial charge in [0.2, 0.25) is 9.70 Å². The van der Waals surface area contributed by atoms with Gasteiger partial charge in [-0.1, -0.05) is 89.4 Å². The van der Waals surface area contributed by atoms with Crippen LogP contribution in [0, 0.1) is 0 Å². The summed E-state index contributed by atoms with van der Waals surface area (Å²) in [5, 5.41) is 8.61. The van der Waals surface area contributed by atoms with Crippen molar-refractivity contribution in [3.63, 3.8) is 0 Å². The van der Waals surface area contributed by atoms with Crippen molar-refractivity contribution in [3.05, 3.63) is 78.4 Å². The van der Waals surface area contributed by atoms with E-state index in [0.717, 1.165) is 16.7 Å². The number of ether oxygens (including phenoxy) is 2. The predicted octanol–water partition coefficient (Wildman–Crippen LogP) is 5.71. The second kappa shape index (κ2) is 12.3. The number of rotatable bonds is 8. The van der Waals surface area contributed by atoms with Crippen LogP contribution >= 0.6 is 47.0 Å². The summed E-state index contributed by atoms with van der Waals surface area (Å²) in [7, 11) is 3.08. The average Bonchev–Trinajstić information content (AvgIpc) is 2.84. The molecule has 3 rings (SSSR count). The van der Waals surface area contributed by atoms with Crippen LogP contribution in [-0.4, -0.2) is 35.2 Å². The molecule has 0 saturated heterocycles. The van der Waals surface area contributed by atoms with E-state index < -0.39 is 9.96 Å². The number of thiocarbonyl (C=S) groups is 1. The third-order valence-corrected chi connectivity index (χ3v) is 5.86. The Kier molecular flexibility index (Phi) is 9.46. The highest BCUT2D eigenvalue weighted by Crippen LogP contribution is 2.31. The number of amides is 1. The first-order chi connectivity index (χ1) is 16.7. The van der Waals surface area contributed by atoms with Crippen LogP contribution in [0.1, 0.15) is 5.56 Å². The number of hydrogen-bond acceptors (Lipinski definition) is 4. The molecule has 6 nitrogen and oxygen atoms in total. The smallest absolute Gasteiger partial charge is 0.228 e. The van der Waals surface area contributed by atoms with E-state index >= 15 is 0 Å². The van der Waals surface area contributed by atoms with E-state index in [1.54, 1.807) is 25.3 Å². The largest absolute Gasteiger partial charge is 0.497 e. The molecule has 1 amide bonds. The lowest BCUT2D eigenvalue weighted by Crippen LogP contribution is -2.56. The molecular weight excluding hydrogens is 529 g/mol. The lowest BCUT2D eigenvalue weighted by Gasteiger charge is -2.28. The molecule has 0 saturated carbocycles. The van der Waals surface area contributed by atoms with Gasteiger partial charge < -0.3 is 25.4 Å².